The summed E-state index contributed by atoms with van der Waals surface area (Å²) in [4.78, 5) is 3.96. The van der Waals surface area contributed by atoms with Crippen molar-refractivity contribution in [3.05, 3.63) is 35.9 Å². The molecule has 0 unspecified atom stereocenters. The van der Waals surface area contributed by atoms with E-state index < -0.39 is 0 Å². The van der Waals surface area contributed by atoms with Gasteiger partial charge in [-0.2, -0.15) is 0 Å². The number of hydrogen-bond donors (Lipinski definition) is 1. The van der Waals surface area contributed by atoms with E-state index in [-0.39, 0.29) is 0 Å². The molecule has 0 radical (unpaired) electrons. The van der Waals surface area contributed by atoms with Crippen LogP contribution in [-0.4, -0.2) is 18.5 Å². The predicted molar refractivity (Wildman–Crippen MR) is 52.3 cm³/mol. The van der Waals surface area contributed by atoms with Gasteiger partial charge in [-0.25, -0.2) is 0 Å². The Kier molecular flexibility index (Phi) is 2.75. The maximum absolute atomic E-state index is 7.70. The highest BCUT2D eigenvalue weighted by Crippen LogP contribution is 2.00. The average molecular weight is 160 g/mol. The Morgan fingerprint density at radius 3 is 2.33 bits per heavy atom. The summed E-state index contributed by atoms with van der Waals surface area (Å²) in [7, 11) is 1.70. The van der Waals surface area contributed by atoms with Gasteiger partial charge in [-0.05, 0) is 6.92 Å². The lowest BCUT2D eigenvalue weighted by molar-refractivity contribution is 1.42. The zero-order valence-electron chi connectivity index (χ0n) is 7.33. The fourth-order valence-electron chi connectivity index (χ4n) is 0.926. The summed E-state index contributed by atoms with van der Waals surface area (Å²) in [5.41, 5.74) is 2.18. The summed E-state index contributed by atoms with van der Waals surface area (Å²) in [5, 5.41) is 7.70. The van der Waals surface area contributed by atoms with E-state index in [0.29, 0.717) is 5.71 Å². The molecule has 0 atom stereocenters. The molecule has 1 rings (SSSR count). The van der Waals surface area contributed by atoms with Gasteiger partial charge in [-0.1, -0.05) is 30.3 Å². The van der Waals surface area contributed by atoms with E-state index >= 15 is 0 Å². The second-order valence-corrected chi connectivity index (χ2v) is 2.55. The molecule has 0 amide bonds. The van der Waals surface area contributed by atoms with Crippen LogP contribution in [0.1, 0.15) is 12.5 Å². The molecule has 0 aliphatic carbocycles. The molecule has 62 valence electrons. The molecule has 1 aromatic carbocycles. The number of rotatable bonds is 2. The third-order valence-electron chi connectivity index (χ3n) is 1.76. The van der Waals surface area contributed by atoms with E-state index in [9.17, 15) is 0 Å². The maximum Gasteiger partial charge on any atom is 0.0819 e. The van der Waals surface area contributed by atoms with E-state index in [0.717, 1.165) is 11.3 Å². The number of hydrogen-bond acceptors (Lipinski definition) is 2. The van der Waals surface area contributed by atoms with Crippen LogP contribution in [0.2, 0.25) is 0 Å². The van der Waals surface area contributed by atoms with E-state index in [1.54, 1.807) is 7.05 Å². The molecule has 0 saturated heterocycles. The quantitative estimate of drug-likeness (QED) is 0.643. The van der Waals surface area contributed by atoms with Crippen molar-refractivity contribution >= 4 is 11.4 Å². The predicted octanol–water partition coefficient (Wildman–Crippen LogP) is 2.15. The standard InChI is InChI=1S/C10H12N2/c1-8(12-2)10(11)9-6-4-3-5-7-9/h3-7,11H,1-2H3. The maximum atomic E-state index is 7.70. The topological polar surface area (TPSA) is 36.2 Å². The van der Waals surface area contributed by atoms with Crippen molar-refractivity contribution < 1.29 is 0 Å². The molecule has 1 N–H and O–H groups in total. The Hall–Kier alpha value is -1.44. The minimum Gasteiger partial charge on any atom is -0.298 e. The number of nitrogens with zero attached hydrogens (tertiary/aromatic N) is 1. The average Bonchev–Trinajstić information content (AvgIpc) is 2.17. The lowest BCUT2D eigenvalue weighted by Crippen LogP contribution is -2.09. The van der Waals surface area contributed by atoms with Crippen LogP contribution in [0.5, 0.6) is 0 Å². The molecule has 0 aromatic heterocycles. The number of benzene rings is 1. The minimum atomic E-state index is 0.498. The summed E-state index contributed by atoms with van der Waals surface area (Å²) in [6.45, 7) is 1.84. The highest BCUT2D eigenvalue weighted by Gasteiger charge is 2.01. The number of nitrogens with one attached hydrogen (secondary N) is 1. The summed E-state index contributed by atoms with van der Waals surface area (Å²) in [6.07, 6.45) is 0. The number of aliphatic imine (C=N–C) groups is 1. The van der Waals surface area contributed by atoms with E-state index in [1.165, 1.54) is 0 Å². The Morgan fingerprint density at radius 2 is 1.83 bits per heavy atom. The van der Waals surface area contributed by atoms with Crippen LogP contribution < -0.4 is 0 Å². The second-order valence-electron chi connectivity index (χ2n) is 2.55. The van der Waals surface area contributed by atoms with Crippen molar-refractivity contribution in [1.29, 1.82) is 5.41 Å². The molecule has 2 nitrogen and oxygen atoms in total. The van der Waals surface area contributed by atoms with Crippen molar-refractivity contribution in [2.75, 3.05) is 7.05 Å². The molecular weight excluding hydrogens is 148 g/mol. The Bertz CT molecular complexity index is 299. The van der Waals surface area contributed by atoms with Crippen LogP contribution in [0.25, 0.3) is 0 Å². The molecule has 12 heavy (non-hydrogen) atoms. The van der Waals surface area contributed by atoms with Crippen LogP contribution in [0.4, 0.5) is 0 Å². The minimum absolute atomic E-state index is 0.498. The molecule has 0 aliphatic rings. The van der Waals surface area contributed by atoms with Crippen LogP contribution in [0.3, 0.4) is 0 Å². The third-order valence-corrected chi connectivity index (χ3v) is 1.76. The first-order valence-electron chi connectivity index (χ1n) is 3.83. The first-order chi connectivity index (χ1) is 5.75. The molecule has 0 fully saturated rings. The van der Waals surface area contributed by atoms with Gasteiger partial charge in [0.2, 0.25) is 0 Å². The van der Waals surface area contributed by atoms with E-state index in [2.05, 4.69) is 4.99 Å². The van der Waals surface area contributed by atoms with Crippen molar-refractivity contribution in [3.8, 4) is 0 Å². The molecule has 1 aromatic rings. The highest BCUT2D eigenvalue weighted by atomic mass is 14.7. The Morgan fingerprint density at radius 1 is 1.25 bits per heavy atom. The zero-order chi connectivity index (χ0) is 8.97. The lowest BCUT2D eigenvalue weighted by Gasteiger charge is -2.01. The van der Waals surface area contributed by atoms with E-state index in [4.69, 9.17) is 5.41 Å². The van der Waals surface area contributed by atoms with Gasteiger partial charge in [-0.15, -0.1) is 0 Å². The normalized spacial score (nSPS) is 11.3. The summed E-state index contributed by atoms with van der Waals surface area (Å²) >= 11 is 0. The smallest absolute Gasteiger partial charge is 0.0819 e. The molecule has 0 spiro atoms. The van der Waals surface area contributed by atoms with Gasteiger partial charge in [0.25, 0.3) is 0 Å². The molecule has 2 heteroatoms. The van der Waals surface area contributed by atoms with Gasteiger partial charge in [0.1, 0.15) is 0 Å². The van der Waals surface area contributed by atoms with Gasteiger partial charge in [-0.3, -0.25) is 10.4 Å². The summed E-state index contributed by atoms with van der Waals surface area (Å²) < 4.78 is 0. The monoisotopic (exact) mass is 160 g/mol. The first-order valence-corrected chi connectivity index (χ1v) is 3.83. The Balaban J connectivity index is 2.94. The van der Waals surface area contributed by atoms with Gasteiger partial charge in [0.05, 0.1) is 11.4 Å². The largest absolute Gasteiger partial charge is 0.298 e. The van der Waals surface area contributed by atoms with Crippen molar-refractivity contribution in [2.45, 2.75) is 6.92 Å². The van der Waals surface area contributed by atoms with Gasteiger partial charge < -0.3 is 0 Å². The van der Waals surface area contributed by atoms with Crippen molar-refractivity contribution in [3.63, 3.8) is 0 Å². The molecule has 0 saturated carbocycles. The van der Waals surface area contributed by atoms with Crippen molar-refractivity contribution in [1.82, 2.24) is 0 Å². The van der Waals surface area contributed by atoms with Crippen LogP contribution in [-0.2, 0) is 0 Å². The fraction of sp³-hybridized carbons (Fsp3) is 0.200. The molecule has 0 bridgehead atoms. The Labute approximate surface area is 72.5 Å². The molecular formula is C10H12N2. The first kappa shape index (κ1) is 8.65. The van der Waals surface area contributed by atoms with Gasteiger partial charge >= 0.3 is 0 Å². The van der Waals surface area contributed by atoms with Gasteiger partial charge in [0, 0.05) is 12.6 Å². The highest BCUT2D eigenvalue weighted by molar-refractivity contribution is 6.46. The third kappa shape index (κ3) is 1.78. The fourth-order valence-corrected chi connectivity index (χ4v) is 0.926. The lowest BCUT2D eigenvalue weighted by atomic mass is 10.1. The van der Waals surface area contributed by atoms with Crippen LogP contribution in [0, 0.1) is 5.41 Å². The van der Waals surface area contributed by atoms with Crippen molar-refractivity contribution in [2.24, 2.45) is 4.99 Å². The molecule has 0 heterocycles. The second kappa shape index (κ2) is 3.81. The van der Waals surface area contributed by atoms with Crippen LogP contribution in [0.15, 0.2) is 35.3 Å². The van der Waals surface area contributed by atoms with Gasteiger partial charge in [0.15, 0.2) is 0 Å². The zero-order valence-corrected chi connectivity index (χ0v) is 7.33. The summed E-state index contributed by atoms with van der Waals surface area (Å²) in [5.74, 6) is 0. The van der Waals surface area contributed by atoms with E-state index in [1.807, 2.05) is 37.3 Å². The van der Waals surface area contributed by atoms with Crippen LogP contribution >= 0.6 is 0 Å². The molecule has 0 aliphatic heterocycles. The SMILES string of the molecule is CN=C(C)C(=N)c1ccccc1. The summed E-state index contributed by atoms with van der Waals surface area (Å²) in [6, 6.07) is 9.61.